The number of benzene rings is 12. The number of nitrogens with zero attached hydrogens (tertiary/aromatic N) is 2. The fourth-order valence-corrected chi connectivity index (χ4v) is 10.2. The van der Waals surface area contributed by atoms with E-state index in [1.807, 2.05) is 0 Å². The number of para-hydroxylation sites is 4. The zero-order valence-corrected chi connectivity index (χ0v) is 37.5. The van der Waals surface area contributed by atoms with Crippen molar-refractivity contribution in [2.45, 2.75) is 0 Å². The number of hydrogen-bond donors (Lipinski definition) is 0. The van der Waals surface area contributed by atoms with Gasteiger partial charge in [0.05, 0.1) is 11.4 Å². The van der Waals surface area contributed by atoms with E-state index in [1.165, 1.54) is 76.7 Å². The molecule has 0 N–H and O–H groups in total. The molecule has 0 fully saturated rings. The minimum absolute atomic E-state index is 1.12. The Bertz CT molecular complexity index is 3310. The smallest absolute Gasteiger partial charge is 0.0618 e. The maximum absolute atomic E-state index is 2.40. The van der Waals surface area contributed by atoms with E-state index < -0.39 is 0 Å². The molecular formula is C66H46N2. The van der Waals surface area contributed by atoms with Gasteiger partial charge in [-0.2, -0.15) is 0 Å². The molecule has 0 aliphatic rings. The maximum Gasteiger partial charge on any atom is 0.0618 e. The minimum atomic E-state index is 1.12. The normalized spacial score (nSPS) is 11.5. The van der Waals surface area contributed by atoms with Gasteiger partial charge in [0.2, 0.25) is 0 Å². The van der Waals surface area contributed by atoms with E-state index in [9.17, 15) is 0 Å². The molecule has 0 aliphatic heterocycles. The van der Waals surface area contributed by atoms with Crippen LogP contribution in [0.4, 0.5) is 34.1 Å². The first-order valence-corrected chi connectivity index (χ1v) is 23.3. The van der Waals surface area contributed by atoms with Crippen molar-refractivity contribution >= 4 is 89.4 Å². The van der Waals surface area contributed by atoms with Gasteiger partial charge in [-0.1, -0.05) is 231 Å². The number of rotatable bonds is 10. The summed E-state index contributed by atoms with van der Waals surface area (Å²) in [7, 11) is 0. The molecule has 0 bridgehead atoms. The van der Waals surface area contributed by atoms with Crippen molar-refractivity contribution in [3.05, 3.63) is 278 Å². The lowest BCUT2D eigenvalue weighted by Gasteiger charge is -2.29. The summed E-state index contributed by atoms with van der Waals surface area (Å²) < 4.78 is 0. The second kappa shape index (κ2) is 17.8. The van der Waals surface area contributed by atoms with E-state index >= 15 is 0 Å². The first-order valence-electron chi connectivity index (χ1n) is 23.3. The lowest BCUT2D eigenvalue weighted by Crippen LogP contribution is -2.11. The van der Waals surface area contributed by atoms with Crippen LogP contribution >= 0.6 is 0 Å². The third-order valence-electron chi connectivity index (χ3n) is 13.2. The zero-order chi connectivity index (χ0) is 45.2. The van der Waals surface area contributed by atoms with E-state index in [0.29, 0.717) is 0 Å². The molecule has 0 amide bonds. The van der Waals surface area contributed by atoms with E-state index in [2.05, 4.69) is 289 Å². The molecule has 0 aliphatic carbocycles. The number of anilines is 6. The van der Waals surface area contributed by atoms with Crippen LogP contribution in [0.5, 0.6) is 0 Å². The van der Waals surface area contributed by atoms with Gasteiger partial charge in [-0.15, -0.1) is 0 Å². The highest BCUT2D eigenvalue weighted by Crippen LogP contribution is 2.50. The Morgan fingerprint density at radius 3 is 0.676 bits per heavy atom. The average molecular weight is 867 g/mol. The average Bonchev–Trinajstić information content (AvgIpc) is 3.42. The van der Waals surface area contributed by atoms with E-state index in [1.54, 1.807) is 0 Å². The molecule has 320 valence electrons. The molecule has 0 saturated heterocycles. The Morgan fingerprint density at radius 1 is 0.206 bits per heavy atom. The van der Waals surface area contributed by atoms with E-state index in [-0.39, 0.29) is 0 Å². The van der Waals surface area contributed by atoms with Gasteiger partial charge in [0, 0.05) is 44.3 Å². The van der Waals surface area contributed by atoms with Gasteiger partial charge in [-0.3, -0.25) is 0 Å². The zero-order valence-electron chi connectivity index (χ0n) is 37.5. The summed E-state index contributed by atoms with van der Waals surface area (Å²) in [5.74, 6) is 0. The third-order valence-corrected chi connectivity index (χ3v) is 13.2. The molecule has 0 heterocycles. The highest BCUT2D eigenvalue weighted by molar-refractivity contribution is 6.23. The summed E-state index contributed by atoms with van der Waals surface area (Å²) in [6, 6.07) is 96.3. The Morgan fingerprint density at radius 2 is 0.426 bits per heavy atom. The SMILES string of the molecule is C(=C\c1ccc(-c2c3ccccc3c(N(c3ccccc3)c3ccccc3)c3ccccc23)cc1)/c1ccc(-c2c3ccccc3c(N(c3ccccc3)c3ccccc3)c3ccccc23)cc1. The van der Waals surface area contributed by atoms with Crippen LogP contribution in [0.25, 0.3) is 77.5 Å². The fourth-order valence-electron chi connectivity index (χ4n) is 10.2. The molecule has 12 aromatic carbocycles. The van der Waals surface area contributed by atoms with Crippen molar-refractivity contribution in [1.29, 1.82) is 0 Å². The third kappa shape index (κ3) is 7.35. The molecule has 0 atom stereocenters. The molecule has 12 aromatic rings. The summed E-state index contributed by atoms with van der Waals surface area (Å²) in [4.78, 5) is 4.81. The van der Waals surface area contributed by atoms with Gasteiger partial charge < -0.3 is 9.80 Å². The summed E-state index contributed by atoms with van der Waals surface area (Å²) >= 11 is 0. The summed E-state index contributed by atoms with van der Waals surface area (Å²) in [6.45, 7) is 0. The number of hydrogen-bond acceptors (Lipinski definition) is 2. The van der Waals surface area contributed by atoms with Crippen molar-refractivity contribution in [2.24, 2.45) is 0 Å². The molecule has 0 saturated carbocycles. The molecular weight excluding hydrogens is 821 g/mol. The minimum Gasteiger partial charge on any atom is -0.309 e. The van der Waals surface area contributed by atoms with Gasteiger partial charge >= 0.3 is 0 Å². The van der Waals surface area contributed by atoms with Crippen LogP contribution in [-0.4, -0.2) is 0 Å². The van der Waals surface area contributed by atoms with Gasteiger partial charge in [0.1, 0.15) is 0 Å². The predicted molar refractivity (Wildman–Crippen MR) is 292 cm³/mol. The topological polar surface area (TPSA) is 6.48 Å². The number of fused-ring (bicyclic) bond motifs is 4. The van der Waals surface area contributed by atoms with Crippen LogP contribution in [0, 0.1) is 0 Å². The van der Waals surface area contributed by atoms with Crippen LogP contribution in [0.15, 0.2) is 267 Å². The molecule has 0 radical (unpaired) electrons. The van der Waals surface area contributed by atoms with Crippen LogP contribution in [0.3, 0.4) is 0 Å². The van der Waals surface area contributed by atoms with Gasteiger partial charge in [-0.05, 0) is 103 Å². The van der Waals surface area contributed by atoms with Crippen molar-refractivity contribution in [1.82, 2.24) is 0 Å². The van der Waals surface area contributed by atoms with Gasteiger partial charge in [0.15, 0.2) is 0 Å². The highest BCUT2D eigenvalue weighted by atomic mass is 15.2. The molecule has 0 aromatic heterocycles. The molecule has 2 nitrogen and oxygen atoms in total. The second-order valence-corrected chi connectivity index (χ2v) is 17.2. The molecule has 68 heavy (non-hydrogen) atoms. The molecule has 0 unspecified atom stereocenters. The molecule has 12 rings (SSSR count). The summed E-state index contributed by atoms with van der Waals surface area (Å²) in [5.41, 5.74) is 14.0. The quantitative estimate of drug-likeness (QED) is 0.0998. The lowest BCUT2D eigenvalue weighted by molar-refractivity contribution is 1.31. The van der Waals surface area contributed by atoms with E-state index in [4.69, 9.17) is 0 Å². The predicted octanol–water partition coefficient (Wildman–Crippen LogP) is 18.7. The monoisotopic (exact) mass is 866 g/mol. The molecule has 2 heteroatoms. The Kier molecular flexibility index (Phi) is 10.6. The second-order valence-electron chi connectivity index (χ2n) is 17.2. The maximum atomic E-state index is 2.40. The van der Waals surface area contributed by atoms with Crippen molar-refractivity contribution in [3.8, 4) is 22.3 Å². The van der Waals surface area contributed by atoms with Crippen molar-refractivity contribution in [2.75, 3.05) is 9.80 Å². The van der Waals surface area contributed by atoms with Gasteiger partial charge in [-0.25, -0.2) is 0 Å². The fraction of sp³-hybridized carbons (Fsp3) is 0. The molecule has 0 spiro atoms. The van der Waals surface area contributed by atoms with Crippen molar-refractivity contribution < 1.29 is 0 Å². The Balaban J connectivity index is 0.895. The lowest BCUT2D eigenvalue weighted by atomic mass is 9.89. The Labute approximate surface area is 397 Å². The summed E-state index contributed by atoms with van der Waals surface area (Å²) in [5, 5.41) is 9.73. The van der Waals surface area contributed by atoms with E-state index in [0.717, 1.165) is 33.9 Å². The summed E-state index contributed by atoms with van der Waals surface area (Å²) in [6.07, 6.45) is 4.44. The highest BCUT2D eigenvalue weighted by Gasteiger charge is 2.23. The first-order chi connectivity index (χ1) is 33.8. The van der Waals surface area contributed by atoms with Crippen LogP contribution < -0.4 is 9.80 Å². The van der Waals surface area contributed by atoms with Crippen LogP contribution in [0.2, 0.25) is 0 Å². The first kappa shape index (κ1) is 40.5. The largest absolute Gasteiger partial charge is 0.309 e. The van der Waals surface area contributed by atoms with Crippen LogP contribution in [0.1, 0.15) is 11.1 Å². The Hall–Kier alpha value is -8.98. The van der Waals surface area contributed by atoms with Crippen molar-refractivity contribution in [3.63, 3.8) is 0 Å². The standard InChI is InChI=1S/C66H46N2/c1-5-21-51(22-6-1)67(52-23-7-2-8-24-52)65-59-33-17-13-29-55(59)63(56-30-14-18-34-60(56)65)49-43-39-47(40-44-49)37-38-48-41-45-50(46-42-48)64-57-31-15-19-35-61(57)66(62-36-20-16-32-58(62)64)68(53-25-9-3-10-26-53)54-27-11-4-12-28-54/h1-46H/b38-37+. The van der Waals surface area contributed by atoms with Crippen LogP contribution in [-0.2, 0) is 0 Å². The van der Waals surface area contributed by atoms with Gasteiger partial charge in [0.25, 0.3) is 0 Å².